The molecule has 1 saturated heterocycles. The lowest BCUT2D eigenvalue weighted by Gasteiger charge is -2.50. The lowest BCUT2D eigenvalue weighted by molar-refractivity contribution is 0.0998. The van der Waals surface area contributed by atoms with Crippen LogP contribution in [0, 0.1) is 11.3 Å². The summed E-state index contributed by atoms with van der Waals surface area (Å²) in [6.45, 7) is 2.98. The lowest BCUT2D eigenvalue weighted by atomic mass is 9.86. The third-order valence-corrected chi connectivity index (χ3v) is 5.45. The van der Waals surface area contributed by atoms with E-state index in [1.54, 1.807) is 6.20 Å². The van der Waals surface area contributed by atoms with Gasteiger partial charge in [-0.15, -0.1) is 0 Å². The number of nitrogens with zero attached hydrogens (tertiary/aromatic N) is 5. The van der Waals surface area contributed by atoms with Gasteiger partial charge in [0.05, 0.1) is 12.4 Å². The summed E-state index contributed by atoms with van der Waals surface area (Å²) in [6.07, 6.45) is 8.33. The van der Waals surface area contributed by atoms with Gasteiger partial charge in [0, 0.05) is 31.7 Å². The molecule has 0 bridgehead atoms. The highest BCUT2D eigenvalue weighted by atomic mass is 15.3. The van der Waals surface area contributed by atoms with E-state index < -0.39 is 0 Å². The number of benzene rings is 1. The average Bonchev–Trinajstić information content (AvgIpc) is 2.69. The molecular formula is C20H23N5. The van der Waals surface area contributed by atoms with Gasteiger partial charge in [-0.2, -0.15) is 5.26 Å². The number of hydrogen-bond donors (Lipinski definition) is 0. The van der Waals surface area contributed by atoms with Crippen molar-refractivity contribution in [1.82, 2.24) is 14.9 Å². The Balaban J connectivity index is 1.56. The fourth-order valence-electron chi connectivity index (χ4n) is 4.30. The van der Waals surface area contributed by atoms with Gasteiger partial charge in [0.25, 0.3) is 0 Å². The van der Waals surface area contributed by atoms with Crippen LogP contribution in [-0.4, -0.2) is 40.0 Å². The van der Waals surface area contributed by atoms with E-state index in [1.165, 1.54) is 37.4 Å². The second kappa shape index (κ2) is 7.20. The van der Waals surface area contributed by atoms with E-state index >= 15 is 0 Å². The molecule has 0 spiro atoms. The molecule has 1 aromatic carbocycles. The Labute approximate surface area is 148 Å². The van der Waals surface area contributed by atoms with E-state index in [4.69, 9.17) is 5.26 Å². The molecule has 1 aromatic heterocycles. The zero-order valence-corrected chi connectivity index (χ0v) is 14.4. The van der Waals surface area contributed by atoms with Gasteiger partial charge in [0.1, 0.15) is 11.9 Å². The topological polar surface area (TPSA) is 56.1 Å². The maximum atomic E-state index is 9.12. The summed E-state index contributed by atoms with van der Waals surface area (Å²) in [6, 6.07) is 13.9. The van der Waals surface area contributed by atoms with Crippen LogP contribution in [0.1, 0.15) is 36.9 Å². The van der Waals surface area contributed by atoms with E-state index in [1.807, 2.05) is 0 Å². The van der Waals surface area contributed by atoms with Crippen LogP contribution >= 0.6 is 0 Å². The number of fused-ring (bicyclic) bond motifs is 1. The molecule has 0 unspecified atom stereocenters. The summed E-state index contributed by atoms with van der Waals surface area (Å²) in [5.74, 6) is 0.857. The zero-order valence-electron chi connectivity index (χ0n) is 14.4. The van der Waals surface area contributed by atoms with E-state index in [2.05, 4.69) is 56.2 Å². The van der Waals surface area contributed by atoms with Crippen LogP contribution in [0.5, 0.6) is 0 Å². The van der Waals surface area contributed by atoms with E-state index in [0.717, 1.165) is 25.5 Å². The number of rotatable bonds is 3. The van der Waals surface area contributed by atoms with Crippen molar-refractivity contribution < 1.29 is 0 Å². The normalized spacial score (nSPS) is 23.7. The summed E-state index contributed by atoms with van der Waals surface area (Å²) in [4.78, 5) is 13.7. The van der Waals surface area contributed by atoms with Gasteiger partial charge >= 0.3 is 0 Å². The molecule has 0 N–H and O–H groups in total. The molecule has 5 heteroatoms. The molecule has 4 rings (SSSR count). The first-order valence-corrected chi connectivity index (χ1v) is 9.12. The number of hydrogen-bond acceptors (Lipinski definition) is 5. The molecule has 2 heterocycles. The Hall–Kier alpha value is -2.45. The van der Waals surface area contributed by atoms with Gasteiger partial charge in [-0.1, -0.05) is 43.2 Å². The third-order valence-electron chi connectivity index (χ3n) is 5.45. The highest BCUT2D eigenvalue weighted by molar-refractivity contribution is 5.41. The first-order valence-electron chi connectivity index (χ1n) is 9.12. The summed E-state index contributed by atoms with van der Waals surface area (Å²) < 4.78 is 0. The van der Waals surface area contributed by atoms with Crippen molar-refractivity contribution in [2.24, 2.45) is 0 Å². The van der Waals surface area contributed by atoms with Gasteiger partial charge in [-0.25, -0.2) is 4.98 Å². The molecule has 2 aromatic rings. The Morgan fingerprint density at radius 2 is 1.84 bits per heavy atom. The number of aromatic nitrogens is 2. The molecule has 1 aliphatic heterocycles. The van der Waals surface area contributed by atoms with Crippen molar-refractivity contribution >= 4 is 5.82 Å². The minimum Gasteiger partial charge on any atom is -0.349 e. The quantitative estimate of drug-likeness (QED) is 0.864. The standard InChI is InChI=1S/C20H23N5/c21-12-17-13-22-14-20(23-17)25-11-10-24(15-16-6-2-1-3-7-16)18-8-4-5-9-19(18)25/h1-3,6-7,13-14,18-19H,4-5,8-11,15H2/t18-,19-/m1/s1. The van der Waals surface area contributed by atoms with E-state index in [-0.39, 0.29) is 0 Å². The Morgan fingerprint density at radius 3 is 2.64 bits per heavy atom. The highest BCUT2D eigenvalue weighted by Gasteiger charge is 2.38. The van der Waals surface area contributed by atoms with Gasteiger partial charge in [-0.3, -0.25) is 9.88 Å². The minimum absolute atomic E-state index is 0.400. The maximum absolute atomic E-state index is 9.12. The average molecular weight is 333 g/mol. The summed E-state index contributed by atoms with van der Waals surface area (Å²) in [5.41, 5.74) is 1.78. The number of nitriles is 1. The molecule has 128 valence electrons. The van der Waals surface area contributed by atoms with Crippen LogP contribution in [0.15, 0.2) is 42.7 Å². The molecule has 1 aliphatic carbocycles. The third kappa shape index (κ3) is 3.35. The van der Waals surface area contributed by atoms with Crippen LogP contribution < -0.4 is 4.90 Å². The summed E-state index contributed by atoms with van der Waals surface area (Å²) in [7, 11) is 0. The summed E-state index contributed by atoms with van der Waals surface area (Å²) >= 11 is 0. The van der Waals surface area contributed by atoms with Crippen LogP contribution in [0.2, 0.25) is 0 Å². The lowest BCUT2D eigenvalue weighted by Crippen LogP contribution is -2.60. The smallest absolute Gasteiger partial charge is 0.161 e. The van der Waals surface area contributed by atoms with Crippen molar-refractivity contribution in [3.8, 4) is 6.07 Å². The molecule has 25 heavy (non-hydrogen) atoms. The maximum Gasteiger partial charge on any atom is 0.161 e. The Kier molecular flexibility index (Phi) is 4.62. The SMILES string of the molecule is N#Cc1cncc(N2CCN(Cc3ccccc3)[C@@H]3CCCC[C@H]32)n1. The van der Waals surface area contributed by atoms with Gasteiger partial charge in [0.2, 0.25) is 0 Å². The molecule has 5 nitrogen and oxygen atoms in total. The molecule has 2 atom stereocenters. The van der Waals surface area contributed by atoms with Crippen molar-refractivity contribution in [2.45, 2.75) is 44.3 Å². The van der Waals surface area contributed by atoms with Crippen LogP contribution in [0.25, 0.3) is 0 Å². The molecule has 0 radical (unpaired) electrons. The number of piperazine rings is 1. The molecule has 0 amide bonds. The molecular weight excluding hydrogens is 310 g/mol. The fraction of sp³-hybridized carbons (Fsp3) is 0.450. The first kappa shape index (κ1) is 16.0. The van der Waals surface area contributed by atoms with E-state index in [9.17, 15) is 0 Å². The predicted octanol–water partition coefficient (Wildman–Crippen LogP) is 2.98. The Morgan fingerprint density at radius 1 is 1.04 bits per heavy atom. The fourth-order valence-corrected chi connectivity index (χ4v) is 4.30. The van der Waals surface area contributed by atoms with E-state index in [0.29, 0.717) is 17.8 Å². The van der Waals surface area contributed by atoms with Crippen molar-refractivity contribution in [3.05, 3.63) is 54.0 Å². The molecule has 2 aliphatic rings. The number of anilines is 1. The minimum atomic E-state index is 0.400. The monoisotopic (exact) mass is 333 g/mol. The van der Waals surface area contributed by atoms with Crippen LogP contribution in [0.4, 0.5) is 5.82 Å². The predicted molar refractivity (Wildman–Crippen MR) is 97.0 cm³/mol. The second-order valence-electron chi connectivity index (χ2n) is 6.94. The summed E-state index contributed by atoms with van der Waals surface area (Å²) in [5, 5.41) is 9.12. The molecule has 2 fully saturated rings. The Bertz CT molecular complexity index is 754. The van der Waals surface area contributed by atoms with Crippen molar-refractivity contribution in [3.63, 3.8) is 0 Å². The zero-order chi connectivity index (χ0) is 17.1. The van der Waals surface area contributed by atoms with Gasteiger partial charge in [-0.05, 0) is 18.4 Å². The largest absolute Gasteiger partial charge is 0.349 e. The van der Waals surface area contributed by atoms with Crippen LogP contribution in [-0.2, 0) is 6.54 Å². The highest BCUT2D eigenvalue weighted by Crippen LogP contribution is 2.33. The van der Waals surface area contributed by atoms with Gasteiger partial charge < -0.3 is 4.90 Å². The molecule has 1 saturated carbocycles. The van der Waals surface area contributed by atoms with Crippen LogP contribution in [0.3, 0.4) is 0 Å². The van der Waals surface area contributed by atoms with Crippen molar-refractivity contribution in [1.29, 1.82) is 5.26 Å². The second-order valence-corrected chi connectivity index (χ2v) is 6.94. The van der Waals surface area contributed by atoms with Crippen molar-refractivity contribution in [2.75, 3.05) is 18.0 Å². The van der Waals surface area contributed by atoms with Gasteiger partial charge in [0.15, 0.2) is 5.69 Å². The first-order chi connectivity index (χ1) is 12.3.